The third kappa shape index (κ3) is 3.61. The molecule has 2 aliphatic rings. The number of benzene rings is 1. The van der Waals surface area contributed by atoms with E-state index in [2.05, 4.69) is 15.2 Å². The summed E-state index contributed by atoms with van der Waals surface area (Å²) in [4.78, 5) is 50.6. The third-order valence-corrected chi connectivity index (χ3v) is 6.49. The third-order valence-electron chi connectivity index (χ3n) is 6.49. The first-order valence-corrected chi connectivity index (χ1v) is 11.5. The summed E-state index contributed by atoms with van der Waals surface area (Å²) < 4.78 is 4.43. The van der Waals surface area contributed by atoms with Crippen LogP contribution in [0, 0.1) is 0 Å². The molecule has 3 aromatic rings. The molecule has 1 atom stereocenters. The first-order chi connectivity index (χ1) is 16.4. The van der Waals surface area contributed by atoms with E-state index in [4.69, 9.17) is 10.7 Å². The fourth-order valence-electron chi connectivity index (χ4n) is 4.76. The van der Waals surface area contributed by atoms with Crippen molar-refractivity contribution in [2.45, 2.75) is 38.9 Å². The monoisotopic (exact) mass is 464 g/mol. The molecule has 0 radical (unpaired) electrons. The Hall–Kier alpha value is -3.73. The van der Waals surface area contributed by atoms with Crippen LogP contribution in [0.3, 0.4) is 0 Å². The van der Waals surface area contributed by atoms with Gasteiger partial charge in [-0.15, -0.1) is 0 Å². The van der Waals surface area contributed by atoms with Crippen LogP contribution < -0.4 is 27.2 Å². The average molecular weight is 465 g/mol. The van der Waals surface area contributed by atoms with Crippen LogP contribution in [-0.2, 0) is 20.1 Å². The van der Waals surface area contributed by atoms with E-state index in [0.717, 1.165) is 19.4 Å². The molecule has 4 heterocycles. The van der Waals surface area contributed by atoms with Crippen molar-refractivity contribution in [3.05, 3.63) is 50.7 Å². The maximum Gasteiger partial charge on any atom is 0.332 e. The number of piperidine rings is 1. The molecule has 2 aliphatic heterocycles. The number of hydrogen-bond acceptors (Lipinski definition) is 7. The maximum absolute atomic E-state index is 13.6. The highest BCUT2D eigenvalue weighted by molar-refractivity contribution is 6.05. The molecule has 1 unspecified atom stereocenters. The number of fused-ring (bicyclic) bond motifs is 2. The Bertz CT molecular complexity index is 1430. The van der Waals surface area contributed by atoms with Crippen LogP contribution in [0.15, 0.2) is 38.8 Å². The topological polar surface area (TPSA) is 133 Å². The Labute approximate surface area is 195 Å². The Balaban J connectivity index is 1.62. The van der Waals surface area contributed by atoms with Crippen molar-refractivity contribution < 1.29 is 4.79 Å². The number of rotatable bonds is 4. The highest BCUT2D eigenvalue weighted by atomic mass is 16.2. The van der Waals surface area contributed by atoms with E-state index in [1.54, 1.807) is 31.3 Å². The highest BCUT2D eigenvalue weighted by Crippen LogP contribution is 2.23. The maximum atomic E-state index is 13.6. The Kier molecular flexibility index (Phi) is 5.56. The summed E-state index contributed by atoms with van der Waals surface area (Å²) in [5, 5.41) is 2.81. The largest absolute Gasteiger partial charge is 0.347 e. The number of carbonyl (C=O) groups excluding carboxylic acids is 1. The number of nitrogens with two attached hydrogens (primary N) is 1. The van der Waals surface area contributed by atoms with Crippen LogP contribution in [0.1, 0.15) is 30.1 Å². The van der Waals surface area contributed by atoms with Crippen molar-refractivity contribution in [2.24, 2.45) is 17.8 Å². The second-order valence-electron chi connectivity index (χ2n) is 8.79. The summed E-state index contributed by atoms with van der Waals surface area (Å²) in [6.07, 6.45) is 1.90. The molecule has 2 aromatic heterocycles. The van der Waals surface area contributed by atoms with Gasteiger partial charge in [0.25, 0.3) is 11.5 Å². The minimum absolute atomic E-state index is 0.0329. The fraction of sp³-hybridized carbons (Fsp3) is 0.435. The lowest BCUT2D eigenvalue weighted by molar-refractivity contribution is 0.0960. The molecule has 1 aromatic carbocycles. The van der Waals surface area contributed by atoms with E-state index in [1.165, 1.54) is 9.13 Å². The van der Waals surface area contributed by atoms with Gasteiger partial charge in [-0.1, -0.05) is 12.1 Å². The Morgan fingerprint density at radius 1 is 1.18 bits per heavy atom. The molecule has 34 heavy (non-hydrogen) atoms. The normalized spacial score (nSPS) is 18.4. The molecule has 11 heteroatoms. The first-order valence-electron chi connectivity index (χ1n) is 11.5. The van der Waals surface area contributed by atoms with Gasteiger partial charge in [0.1, 0.15) is 0 Å². The minimum atomic E-state index is -0.480. The van der Waals surface area contributed by atoms with Gasteiger partial charge in [0.2, 0.25) is 5.95 Å². The van der Waals surface area contributed by atoms with Gasteiger partial charge in [-0.2, -0.15) is 4.98 Å². The number of aliphatic imine (C=N–C) groups is 1. The molecule has 5 rings (SSSR count). The number of nitrogens with one attached hydrogen (secondary N) is 1. The van der Waals surface area contributed by atoms with E-state index in [9.17, 15) is 14.4 Å². The number of aryl methyl sites for hydroxylation is 2. The van der Waals surface area contributed by atoms with Crippen molar-refractivity contribution in [2.75, 3.05) is 24.5 Å². The van der Waals surface area contributed by atoms with Gasteiger partial charge in [0.15, 0.2) is 11.2 Å². The predicted molar refractivity (Wildman–Crippen MR) is 130 cm³/mol. The lowest BCUT2D eigenvalue weighted by Gasteiger charge is -2.31. The molecule has 11 nitrogen and oxygen atoms in total. The van der Waals surface area contributed by atoms with Gasteiger partial charge in [0, 0.05) is 32.7 Å². The lowest BCUT2D eigenvalue weighted by Crippen LogP contribution is -2.44. The average Bonchev–Trinajstić information content (AvgIpc) is 3.16. The number of carbonyl (C=O) groups is 1. The number of nitrogens with zero attached hydrogens (tertiary/aromatic N) is 6. The van der Waals surface area contributed by atoms with Crippen molar-refractivity contribution in [1.29, 1.82) is 0 Å². The zero-order valence-corrected chi connectivity index (χ0v) is 19.3. The zero-order valence-electron chi connectivity index (χ0n) is 19.3. The van der Waals surface area contributed by atoms with E-state index in [-0.39, 0.29) is 25.0 Å². The molecule has 178 valence electrons. The molecular formula is C23H28N8O3. The van der Waals surface area contributed by atoms with Crippen LogP contribution in [-0.4, -0.2) is 56.0 Å². The molecular weight excluding hydrogens is 436 g/mol. The minimum Gasteiger partial charge on any atom is -0.347 e. The summed E-state index contributed by atoms with van der Waals surface area (Å²) in [5.74, 6) is 0.420. The molecule has 0 spiro atoms. The standard InChI is InChI=1S/C23H28N8O3/c1-3-30-18-19(27-22(30)29-10-6-7-14(24)12-29)28(2)23(34)31(21(18)33)13-15-11-25-20(32)16-8-4-5-9-17(16)26-15/h4-5,8-9,14H,3,6-7,10-13,24H2,1-2H3,(H,25,32). The van der Waals surface area contributed by atoms with Crippen LogP contribution in [0.4, 0.5) is 11.6 Å². The number of amides is 1. The number of hydrogen-bond donors (Lipinski definition) is 2. The van der Waals surface area contributed by atoms with Gasteiger partial charge in [-0.25, -0.2) is 4.79 Å². The molecule has 1 amide bonds. The number of imidazole rings is 1. The van der Waals surface area contributed by atoms with Gasteiger partial charge >= 0.3 is 5.69 Å². The summed E-state index contributed by atoms with van der Waals surface area (Å²) in [5.41, 5.74) is 7.48. The second kappa shape index (κ2) is 8.56. The van der Waals surface area contributed by atoms with E-state index in [0.29, 0.717) is 47.2 Å². The van der Waals surface area contributed by atoms with Gasteiger partial charge in [-0.3, -0.25) is 23.7 Å². The van der Waals surface area contributed by atoms with Crippen molar-refractivity contribution in [3.63, 3.8) is 0 Å². The van der Waals surface area contributed by atoms with E-state index < -0.39 is 11.2 Å². The van der Waals surface area contributed by atoms with E-state index >= 15 is 0 Å². The van der Waals surface area contributed by atoms with Crippen molar-refractivity contribution in [1.82, 2.24) is 24.0 Å². The molecule has 1 saturated heterocycles. The SMILES string of the molecule is CCn1c(N2CCCC(N)C2)nc2c1c(=O)n(CC1=Nc3ccccc3C(=O)NC1)c(=O)n2C. The van der Waals surface area contributed by atoms with Crippen molar-refractivity contribution >= 4 is 34.4 Å². The van der Waals surface area contributed by atoms with Gasteiger partial charge in [-0.05, 0) is 31.9 Å². The van der Waals surface area contributed by atoms with Crippen LogP contribution in [0.2, 0.25) is 0 Å². The Morgan fingerprint density at radius 3 is 2.74 bits per heavy atom. The smallest absolute Gasteiger partial charge is 0.332 e. The van der Waals surface area contributed by atoms with Crippen LogP contribution in [0.25, 0.3) is 11.2 Å². The molecule has 0 aliphatic carbocycles. The quantitative estimate of drug-likeness (QED) is 0.573. The molecule has 0 saturated carbocycles. The fourth-order valence-corrected chi connectivity index (χ4v) is 4.76. The summed E-state index contributed by atoms with van der Waals surface area (Å²) in [7, 11) is 1.62. The van der Waals surface area contributed by atoms with Gasteiger partial charge < -0.3 is 20.5 Å². The first kappa shape index (κ1) is 22.1. The zero-order chi connectivity index (χ0) is 24.0. The van der Waals surface area contributed by atoms with Crippen molar-refractivity contribution in [3.8, 4) is 0 Å². The highest BCUT2D eigenvalue weighted by Gasteiger charge is 2.26. The summed E-state index contributed by atoms with van der Waals surface area (Å²) in [6, 6.07) is 7.05. The Morgan fingerprint density at radius 2 is 1.97 bits per heavy atom. The van der Waals surface area contributed by atoms with Crippen LogP contribution in [0.5, 0.6) is 0 Å². The van der Waals surface area contributed by atoms with E-state index in [1.807, 2.05) is 11.5 Å². The predicted octanol–water partition coefficient (Wildman–Crippen LogP) is 0.360. The molecule has 0 bridgehead atoms. The lowest BCUT2D eigenvalue weighted by atomic mass is 10.1. The van der Waals surface area contributed by atoms with Crippen LogP contribution >= 0.6 is 0 Å². The number of aromatic nitrogens is 4. The second-order valence-corrected chi connectivity index (χ2v) is 8.79. The summed E-state index contributed by atoms with van der Waals surface area (Å²) >= 11 is 0. The number of anilines is 1. The molecule has 1 fully saturated rings. The number of para-hydroxylation sites is 1. The molecule has 3 N–H and O–H groups in total. The van der Waals surface area contributed by atoms with Gasteiger partial charge in [0.05, 0.1) is 30.1 Å². The summed E-state index contributed by atoms with van der Waals surface area (Å²) in [6.45, 7) is 4.04.